The van der Waals surface area contributed by atoms with Crippen molar-refractivity contribution in [3.8, 4) is 0 Å². The third kappa shape index (κ3) is 4.18. The number of H-pyrrole nitrogens is 1. The van der Waals surface area contributed by atoms with Crippen LogP contribution in [0.15, 0.2) is 12.3 Å². The molecule has 2 N–H and O–H groups in total. The summed E-state index contributed by atoms with van der Waals surface area (Å²) in [5, 5.41) is 8.94. The molecule has 102 valence electrons. The van der Waals surface area contributed by atoms with Crippen molar-refractivity contribution in [2.24, 2.45) is 5.41 Å². The highest BCUT2D eigenvalue weighted by Crippen LogP contribution is 2.18. The number of hydrogen-bond donors (Lipinski definition) is 2. The van der Waals surface area contributed by atoms with E-state index in [1.165, 1.54) is 0 Å². The number of carbonyl (C=O) groups excluding carboxylic acids is 1. The zero-order chi connectivity index (χ0) is 13.8. The van der Waals surface area contributed by atoms with Gasteiger partial charge >= 0.3 is 0 Å². The summed E-state index contributed by atoms with van der Waals surface area (Å²) in [4.78, 5) is 17.3. The minimum atomic E-state index is 0.0390. The van der Waals surface area contributed by atoms with Gasteiger partial charge in [-0.15, -0.1) is 0 Å². The molecule has 0 saturated carbocycles. The van der Waals surface area contributed by atoms with E-state index in [0.29, 0.717) is 19.5 Å². The van der Waals surface area contributed by atoms with Crippen molar-refractivity contribution in [2.45, 2.75) is 34.1 Å². The summed E-state index contributed by atoms with van der Waals surface area (Å²) in [7, 11) is 0. The number of nitrogens with zero attached hydrogens (tertiary/aromatic N) is 1. The quantitative estimate of drug-likeness (QED) is 0.844. The van der Waals surface area contributed by atoms with Crippen molar-refractivity contribution < 1.29 is 9.90 Å². The molecule has 0 unspecified atom stereocenters. The third-order valence-electron chi connectivity index (χ3n) is 2.72. The summed E-state index contributed by atoms with van der Waals surface area (Å²) in [6.45, 7) is 9.62. The second kappa shape index (κ2) is 6.05. The van der Waals surface area contributed by atoms with E-state index in [1.807, 2.05) is 17.9 Å². The normalized spacial score (nSPS) is 11.6. The number of nitrogens with one attached hydrogen (secondary N) is 1. The smallest absolute Gasteiger partial charge is 0.255 e. The summed E-state index contributed by atoms with van der Waals surface area (Å²) in [5.74, 6) is 0.0390. The second-order valence-electron chi connectivity index (χ2n) is 5.88. The van der Waals surface area contributed by atoms with E-state index in [0.717, 1.165) is 11.3 Å². The number of aliphatic hydroxyl groups is 1. The van der Waals surface area contributed by atoms with E-state index < -0.39 is 0 Å². The Labute approximate surface area is 109 Å². The van der Waals surface area contributed by atoms with Crippen LogP contribution in [0.25, 0.3) is 0 Å². The van der Waals surface area contributed by atoms with Crippen molar-refractivity contribution in [1.82, 2.24) is 9.88 Å². The highest BCUT2D eigenvalue weighted by Gasteiger charge is 2.23. The minimum Gasteiger partial charge on any atom is -0.396 e. The van der Waals surface area contributed by atoms with Crippen LogP contribution >= 0.6 is 0 Å². The van der Waals surface area contributed by atoms with Gasteiger partial charge in [0, 0.05) is 31.6 Å². The summed E-state index contributed by atoms with van der Waals surface area (Å²) >= 11 is 0. The van der Waals surface area contributed by atoms with Crippen LogP contribution in [0.1, 0.15) is 43.2 Å². The maximum absolute atomic E-state index is 12.4. The molecule has 1 aromatic heterocycles. The second-order valence-corrected chi connectivity index (χ2v) is 5.88. The molecular weight excluding hydrogens is 228 g/mol. The number of aromatic amines is 1. The van der Waals surface area contributed by atoms with E-state index in [-0.39, 0.29) is 17.9 Å². The first-order valence-corrected chi connectivity index (χ1v) is 6.39. The number of carbonyl (C=O) groups is 1. The number of rotatable bonds is 5. The Morgan fingerprint density at radius 1 is 1.44 bits per heavy atom. The summed E-state index contributed by atoms with van der Waals surface area (Å²) in [6, 6.07) is 1.81. The van der Waals surface area contributed by atoms with Gasteiger partial charge in [0.05, 0.1) is 5.56 Å². The molecule has 0 aliphatic heterocycles. The van der Waals surface area contributed by atoms with Gasteiger partial charge in [0.25, 0.3) is 5.91 Å². The van der Waals surface area contributed by atoms with Crippen LogP contribution in [0.5, 0.6) is 0 Å². The van der Waals surface area contributed by atoms with Gasteiger partial charge in [0.2, 0.25) is 0 Å². The Balaban J connectivity index is 2.82. The molecule has 0 spiro atoms. The lowest BCUT2D eigenvalue weighted by Gasteiger charge is -2.30. The molecule has 0 aromatic carbocycles. The molecule has 1 aromatic rings. The minimum absolute atomic E-state index is 0.0390. The molecule has 0 aliphatic rings. The molecule has 4 nitrogen and oxygen atoms in total. The van der Waals surface area contributed by atoms with E-state index >= 15 is 0 Å². The Bertz CT molecular complexity index is 391. The molecule has 0 radical (unpaired) electrons. The fourth-order valence-electron chi connectivity index (χ4n) is 1.94. The Kier molecular flexibility index (Phi) is 4.96. The van der Waals surface area contributed by atoms with E-state index in [1.54, 1.807) is 6.20 Å². The average Bonchev–Trinajstić information content (AvgIpc) is 2.68. The Hall–Kier alpha value is -1.29. The van der Waals surface area contributed by atoms with Gasteiger partial charge < -0.3 is 15.0 Å². The van der Waals surface area contributed by atoms with Crippen LogP contribution < -0.4 is 0 Å². The fourth-order valence-corrected chi connectivity index (χ4v) is 1.94. The first kappa shape index (κ1) is 14.8. The van der Waals surface area contributed by atoms with Crippen LogP contribution in [0.3, 0.4) is 0 Å². The Morgan fingerprint density at radius 2 is 2.11 bits per heavy atom. The molecule has 1 rings (SSSR count). The highest BCUT2D eigenvalue weighted by atomic mass is 16.3. The first-order valence-electron chi connectivity index (χ1n) is 6.39. The molecule has 0 saturated heterocycles. The molecule has 4 heteroatoms. The molecule has 18 heavy (non-hydrogen) atoms. The van der Waals surface area contributed by atoms with Crippen LogP contribution in [-0.2, 0) is 0 Å². The first-order chi connectivity index (χ1) is 8.35. The molecule has 0 fully saturated rings. The van der Waals surface area contributed by atoms with E-state index in [4.69, 9.17) is 5.11 Å². The molecule has 1 heterocycles. The van der Waals surface area contributed by atoms with Gasteiger partial charge in [-0.05, 0) is 24.8 Å². The van der Waals surface area contributed by atoms with Gasteiger partial charge in [-0.25, -0.2) is 0 Å². The van der Waals surface area contributed by atoms with Crippen molar-refractivity contribution in [3.05, 3.63) is 23.5 Å². The number of aliphatic hydroxyl groups excluding tert-OH is 1. The molecule has 0 atom stereocenters. The van der Waals surface area contributed by atoms with Crippen LogP contribution in [0, 0.1) is 12.3 Å². The van der Waals surface area contributed by atoms with E-state index in [2.05, 4.69) is 25.8 Å². The maximum Gasteiger partial charge on any atom is 0.255 e. The standard InChI is InChI=1S/C14H24N2O2/c1-11-12(6-7-15-11)13(18)16(8-5-9-17)10-14(2,3)4/h6-7,15,17H,5,8-10H2,1-4H3. The third-order valence-corrected chi connectivity index (χ3v) is 2.72. The largest absolute Gasteiger partial charge is 0.396 e. The highest BCUT2D eigenvalue weighted by molar-refractivity contribution is 5.95. The maximum atomic E-state index is 12.4. The van der Waals surface area contributed by atoms with Crippen LogP contribution in [0.4, 0.5) is 0 Å². The lowest BCUT2D eigenvalue weighted by Crippen LogP contribution is -2.38. The van der Waals surface area contributed by atoms with Gasteiger partial charge in [0.1, 0.15) is 0 Å². The van der Waals surface area contributed by atoms with Gasteiger partial charge in [-0.1, -0.05) is 20.8 Å². The van der Waals surface area contributed by atoms with Crippen molar-refractivity contribution >= 4 is 5.91 Å². The molecule has 1 amide bonds. The van der Waals surface area contributed by atoms with Crippen LogP contribution in [0.2, 0.25) is 0 Å². The van der Waals surface area contributed by atoms with Gasteiger partial charge in [-0.3, -0.25) is 4.79 Å². The summed E-state index contributed by atoms with van der Waals surface area (Å²) in [6.07, 6.45) is 2.40. The van der Waals surface area contributed by atoms with Crippen molar-refractivity contribution in [1.29, 1.82) is 0 Å². The summed E-state index contributed by atoms with van der Waals surface area (Å²) in [5.41, 5.74) is 1.66. The predicted molar refractivity (Wildman–Crippen MR) is 72.6 cm³/mol. The summed E-state index contributed by atoms with van der Waals surface area (Å²) < 4.78 is 0. The lowest BCUT2D eigenvalue weighted by molar-refractivity contribution is 0.0682. The SMILES string of the molecule is Cc1[nH]ccc1C(=O)N(CCCO)CC(C)(C)C. The van der Waals surface area contributed by atoms with Crippen molar-refractivity contribution in [2.75, 3.05) is 19.7 Å². The average molecular weight is 252 g/mol. The number of aromatic nitrogens is 1. The van der Waals surface area contributed by atoms with E-state index in [9.17, 15) is 4.79 Å². The lowest BCUT2D eigenvalue weighted by atomic mass is 9.95. The predicted octanol–water partition coefficient (Wildman–Crippen LogP) is 2.19. The zero-order valence-electron chi connectivity index (χ0n) is 11.8. The zero-order valence-corrected chi connectivity index (χ0v) is 11.8. The van der Waals surface area contributed by atoms with Gasteiger partial charge in [-0.2, -0.15) is 0 Å². The number of hydrogen-bond acceptors (Lipinski definition) is 2. The number of aryl methyl sites for hydroxylation is 1. The fraction of sp³-hybridized carbons (Fsp3) is 0.643. The van der Waals surface area contributed by atoms with Crippen LogP contribution in [-0.4, -0.2) is 40.6 Å². The molecule has 0 aliphatic carbocycles. The monoisotopic (exact) mass is 252 g/mol. The topological polar surface area (TPSA) is 56.3 Å². The Morgan fingerprint density at radius 3 is 2.56 bits per heavy atom. The number of amides is 1. The molecular formula is C14H24N2O2. The van der Waals surface area contributed by atoms with Gasteiger partial charge in [0.15, 0.2) is 0 Å². The van der Waals surface area contributed by atoms with Crippen molar-refractivity contribution in [3.63, 3.8) is 0 Å². The molecule has 0 bridgehead atoms.